The summed E-state index contributed by atoms with van der Waals surface area (Å²) in [6, 6.07) is 14.1. The predicted molar refractivity (Wildman–Crippen MR) is 140 cm³/mol. The minimum absolute atomic E-state index is 0.157. The second-order valence-electron chi connectivity index (χ2n) is 8.61. The number of ether oxygens (including phenoxy) is 1. The van der Waals surface area contributed by atoms with Crippen molar-refractivity contribution in [1.82, 2.24) is 10.3 Å². The van der Waals surface area contributed by atoms with Crippen LogP contribution in [0.25, 0.3) is 11.3 Å². The SMILES string of the molecule is C=CCN(Cc1ccc(C(=O)NC(CC(C)C)C(=O)O)cc1)c1nc(-c2cccc(OC)c2)cs1. The minimum Gasteiger partial charge on any atom is -0.497 e. The normalized spacial score (nSPS) is 11.7. The number of rotatable bonds is 12. The molecule has 1 amide bonds. The van der Waals surface area contributed by atoms with Crippen LogP contribution in [0.3, 0.4) is 0 Å². The Balaban J connectivity index is 1.71. The van der Waals surface area contributed by atoms with Crippen LogP contribution in [0, 0.1) is 5.92 Å². The van der Waals surface area contributed by atoms with E-state index in [0.29, 0.717) is 25.1 Å². The molecular formula is C27H31N3O4S. The van der Waals surface area contributed by atoms with Crippen molar-refractivity contribution < 1.29 is 19.4 Å². The fourth-order valence-corrected chi connectivity index (χ4v) is 4.45. The van der Waals surface area contributed by atoms with Crippen LogP contribution in [0.4, 0.5) is 5.13 Å². The number of carbonyl (C=O) groups excluding carboxylic acids is 1. The number of aromatic nitrogens is 1. The van der Waals surface area contributed by atoms with E-state index in [-0.39, 0.29) is 5.92 Å². The number of nitrogens with one attached hydrogen (secondary N) is 1. The van der Waals surface area contributed by atoms with Crippen LogP contribution >= 0.6 is 11.3 Å². The third-order valence-electron chi connectivity index (χ3n) is 5.38. The maximum atomic E-state index is 12.6. The standard InChI is InChI=1S/C27H31N3O4S/c1-5-13-30(27-29-24(17-35-27)21-7-6-8-22(15-21)34-4)16-19-9-11-20(12-10-19)25(31)28-23(26(32)33)14-18(2)3/h5-12,15,17-18,23H,1,13-14,16H2,2-4H3,(H,28,31)(H,32,33). The topological polar surface area (TPSA) is 91.8 Å². The Morgan fingerprint density at radius 3 is 2.60 bits per heavy atom. The van der Waals surface area contributed by atoms with Gasteiger partial charge < -0.3 is 20.1 Å². The highest BCUT2D eigenvalue weighted by Crippen LogP contribution is 2.30. The molecular weight excluding hydrogens is 462 g/mol. The predicted octanol–water partition coefficient (Wildman–Crippen LogP) is 5.24. The Morgan fingerprint density at radius 2 is 1.97 bits per heavy atom. The molecule has 0 aliphatic carbocycles. The molecule has 2 aromatic carbocycles. The first-order valence-corrected chi connectivity index (χ1v) is 12.3. The molecule has 0 fully saturated rings. The van der Waals surface area contributed by atoms with Crippen molar-refractivity contribution in [3.05, 3.63) is 77.7 Å². The van der Waals surface area contributed by atoms with Crippen molar-refractivity contribution >= 4 is 28.3 Å². The summed E-state index contributed by atoms with van der Waals surface area (Å²) in [6.07, 6.45) is 2.20. The lowest BCUT2D eigenvalue weighted by Crippen LogP contribution is -2.41. The highest BCUT2D eigenvalue weighted by Gasteiger charge is 2.22. The molecule has 1 heterocycles. The fraction of sp³-hybridized carbons (Fsp3) is 0.296. The number of benzene rings is 2. The molecule has 1 unspecified atom stereocenters. The molecule has 35 heavy (non-hydrogen) atoms. The van der Waals surface area contributed by atoms with E-state index in [1.165, 1.54) is 0 Å². The van der Waals surface area contributed by atoms with Crippen LogP contribution in [-0.2, 0) is 11.3 Å². The number of hydrogen-bond donors (Lipinski definition) is 2. The van der Waals surface area contributed by atoms with Crippen LogP contribution < -0.4 is 15.0 Å². The first-order chi connectivity index (χ1) is 16.8. The number of amides is 1. The Morgan fingerprint density at radius 1 is 1.23 bits per heavy atom. The number of carboxylic acid groups (broad SMARTS) is 1. The first kappa shape index (κ1) is 26.0. The maximum absolute atomic E-state index is 12.6. The summed E-state index contributed by atoms with van der Waals surface area (Å²) < 4.78 is 5.32. The number of hydrogen-bond acceptors (Lipinski definition) is 6. The third-order valence-corrected chi connectivity index (χ3v) is 6.28. The maximum Gasteiger partial charge on any atom is 0.326 e. The first-order valence-electron chi connectivity index (χ1n) is 11.4. The van der Waals surface area contributed by atoms with E-state index in [0.717, 1.165) is 27.7 Å². The molecule has 2 N–H and O–H groups in total. The molecule has 3 aromatic rings. The van der Waals surface area contributed by atoms with Gasteiger partial charge in [-0.3, -0.25) is 4.79 Å². The zero-order chi connectivity index (χ0) is 25.4. The molecule has 0 bridgehead atoms. The van der Waals surface area contributed by atoms with E-state index >= 15 is 0 Å². The van der Waals surface area contributed by atoms with Gasteiger partial charge in [-0.15, -0.1) is 17.9 Å². The number of aliphatic carboxylic acids is 1. The van der Waals surface area contributed by atoms with Gasteiger partial charge in [0.05, 0.1) is 12.8 Å². The molecule has 1 atom stereocenters. The lowest BCUT2D eigenvalue weighted by atomic mass is 10.0. The number of methoxy groups -OCH3 is 1. The van der Waals surface area contributed by atoms with Crippen molar-refractivity contribution in [3.8, 4) is 17.0 Å². The molecule has 0 spiro atoms. The van der Waals surface area contributed by atoms with Gasteiger partial charge in [-0.25, -0.2) is 9.78 Å². The fourth-order valence-electron chi connectivity index (χ4n) is 3.61. The molecule has 3 rings (SSSR count). The highest BCUT2D eigenvalue weighted by atomic mass is 32.1. The van der Waals surface area contributed by atoms with Gasteiger partial charge in [0, 0.05) is 29.6 Å². The van der Waals surface area contributed by atoms with Crippen molar-refractivity contribution in [2.24, 2.45) is 5.92 Å². The van der Waals surface area contributed by atoms with Crippen molar-refractivity contribution in [1.29, 1.82) is 0 Å². The average molecular weight is 494 g/mol. The Kier molecular flexibility index (Phi) is 9.03. The lowest BCUT2D eigenvalue weighted by Gasteiger charge is -2.20. The van der Waals surface area contributed by atoms with E-state index in [9.17, 15) is 14.7 Å². The number of nitrogens with zero attached hydrogens (tertiary/aromatic N) is 2. The van der Waals surface area contributed by atoms with Gasteiger partial charge in [0.2, 0.25) is 0 Å². The molecule has 1 aromatic heterocycles. The van der Waals surface area contributed by atoms with E-state index < -0.39 is 17.9 Å². The lowest BCUT2D eigenvalue weighted by molar-refractivity contribution is -0.139. The summed E-state index contributed by atoms with van der Waals surface area (Å²) in [5.74, 6) is -0.483. The molecule has 0 saturated heterocycles. The van der Waals surface area contributed by atoms with E-state index in [4.69, 9.17) is 9.72 Å². The summed E-state index contributed by atoms with van der Waals surface area (Å²) >= 11 is 1.55. The number of carbonyl (C=O) groups is 2. The Bertz CT molecular complexity index is 1160. The quantitative estimate of drug-likeness (QED) is 0.335. The molecule has 0 saturated carbocycles. The zero-order valence-electron chi connectivity index (χ0n) is 20.2. The highest BCUT2D eigenvalue weighted by molar-refractivity contribution is 7.14. The third kappa shape index (κ3) is 7.16. The summed E-state index contributed by atoms with van der Waals surface area (Å²) in [6.45, 7) is 8.92. The Labute approximate surface area is 210 Å². The molecule has 8 heteroatoms. The van der Waals surface area contributed by atoms with Gasteiger partial charge in [0.1, 0.15) is 11.8 Å². The summed E-state index contributed by atoms with van der Waals surface area (Å²) in [4.78, 5) is 30.9. The summed E-state index contributed by atoms with van der Waals surface area (Å²) in [7, 11) is 1.64. The minimum atomic E-state index is -1.03. The van der Waals surface area contributed by atoms with Crippen molar-refractivity contribution in [2.45, 2.75) is 32.9 Å². The van der Waals surface area contributed by atoms with Crippen LogP contribution in [0.5, 0.6) is 5.75 Å². The van der Waals surface area contributed by atoms with E-state index in [1.54, 1.807) is 30.6 Å². The smallest absolute Gasteiger partial charge is 0.326 e. The van der Waals surface area contributed by atoms with Gasteiger partial charge in [0.25, 0.3) is 5.91 Å². The van der Waals surface area contributed by atoms with Gasteiger partial charge in [-0.1, -0.05) is 44.2 Å². The largest absolute Gasteiger partial charge is 0.497 e. The van der Waals surface area contributed by atoms with Crippen molar-refractivity contribution in [3.63, 3.8) is 0 Å². The molecule has 0 aliphatic rings. The van der Waals surface area contributed by atoms with Crippen LogP contribution in [0.1, 0.15) is 36.2 Å². The molecule has 0 radical (unpaired) electrons. The van der Waals surface area contributed by atoms with Gasteiger partial charge >= 0.3 is 5.97 Å². The second kappa shape index (κ2) is 12.2. The van der Waals surface area contributed by atoms with Gasteiger partial charge in [0.15, 0.2) is 5.13 Å². The van der Waals surface area contributed by atoms with Gasteiger partial charge in [-0.05, 0) is 42.2 Å². The molecule has 7 nitrogen and oxygen atoms in total. The number of thiazole rings is 1. The summed E-state index contributed by atoms with van der Waals surface area (Å²) in [5.41, 5.74) is 3.28. The summed E-state index contributed by atoms with van der Waals surface area (Å²) in [5, 5.41) is 14.9. The van der Waals surface area contributed by atoms with Crippen LogP contribution in [0.15, 0.2) is 66.6 Å². The number of anilines is 1. The molecule has 184 valence electrons. The zero-order valence-corrected chi connectivity index (χ0v) is 21.0. The second-order valence-corrected chi connectivity index (χ2v) is 9.44. The van der Waals surface area contributed by atoms with Crippen LogP contribution in [-0.4, -0.2) is 41.7 Å². The van der Waals surface area contributed by atoms with Gasteiger partial charge in [-0.2, -0.15) is 0 Å². The monoisotopic (exact) mass is 493 g/mol. The van der Waals surface area contributed by atoms with Crippen LogP contribution in [0.2, 0.25) is 0 Å². The number of carboxylic acids is 1. The van der Waals surface area contributed by atoms with E-state index in [1.807, 2.05) is 61.7 Å². The molecule has 0 aliphatic heterocycles. The van der Waals surface area contributed by atoms with E-state index in [2.05, 4.69) is 16.8 Å². The van der Waals surface area contributed by atoms with Crippen molar-refractivity contribution in [2.75, 3.05) is 18.6 Å². The Hall–Kier alpha value is -3.65. The average Bonchev–Trinajstić information content (AvgIpc) is 3.34.